The number of pyridine rings is 1. The second-order valence-electron chi connectivity index (χ2n) is 7.26. The standard InChI is InChI=1S/C23H26N2O2/c1-16-7-8-19-14-20-15-25(10-9-18-5-4-6-21(13-18)26-3)11-12-27-23(20)24-22(19)17(16)2/h4-8,13-14H,9-12,15H2,1-3H3. The zero-order valence-corrected chi connectivity index (χ0v) is 16.3. The van der Waals surface area contributed by atoms with E-state index in [2.05, 4.69) is 55.1 Å². The van der Waals surface area contributed by atoms with E-state index >= 15 is 0 Å². The molecule has 0 amide bonds. The van der Waals surface area contributed by atoms with Crippen LogP contribution in [0.3, 0.4) is 0 Å². The van der Waals surface area contributed by atoms with Crippen molar-refractivity contribution in [1.82, 2.24) is 9.88 Å². The van der Waals surface area contributed by atoms with Crippen molar-refractivity contribution in [3.8, 4) is 11.6 Å². The van der Waals surface area contributed by atoms with Crippen molar-refractivity contribution >= 4 is 10.9 Å². The number of benzene rings is 2. The van der Waals surface area contributed by atoms with E-state index < -0.39 is 0 Å². The van der Waals surface area contributed by atoms with Crippen LogP contribution in [-0.4, -0.2) is 36.7 Å². The highest BCUT2D eigenvalue weighted by Crippen LogP contribution is 2.28. The normalized spacial score (nSPS) is 14.5. The van der Waals surface area contributed by atoms with Crippen molar-refractivity contribution in [3.05, 3.63) is 64.7 Å². The zero-order valence-electron chi connectivity index (χ0n) is 16.3. The fourth-order valence-corrected chi connectivity index (χ4v) is 3.65. The van der Waals surface area contributed by atoms with Gasteiger partial charge >= 0.3 is 0 Å². The first-order valence-electron chi connectivity index (χ1n) is 9.52. The Balaban J connectivity index is 1.54. The molecule has 0 atom stereocenters. The smallest absolute Gasteiger partial charge is 0.218 e. The maximum Gasteiger partial charge on any atom is 0.218 e. The first kappa shape index (κ1) is 17.8. The summed E-state index contributed by atoms with van der Waals surface area (Å²) < 4.78 is 11.3. The van der Waals surface area contributed by atoms with Crippen molar-refractivity contribution in [1.29, 1.82) is 0 Å². The Morgan fingerprint density at radius 3 is 2.89 bits per heavy atom. The van der Waals surface area contributed by atoms with Crippen LogP contribution in [0.4, 0.5) is 0 Å². The highest BCUT2D eigenvalue weighted by Gasteiger charge is 2.18. The third-order valence-electron chi connectivity index (χ3n) is 5.44. The van der Waals surface area contributed by atoms with Gasteiger partial charge in [0.2, 0.25) is 5.88 Å². The fraction of sp³-hybridized carbons (Fsp3) is 0.348. The molecule has 3 aromatic rings. The van der Waals surface area contributed by atoms with E-state index in [0.717, 1.165) is 43.2 Å². The lowest BCUT2D eigenvalue weighted by atomic mass is 10.0. The lowest BCUT2D eigenvalue weighted by Gasteiger charge is -2.19. The van der Waals surface area contributed by atoms with Gasteiger partial charge in [0.25, 0.3) is 0 Å². The first-order valence-corrected chi connectivity index (χ1v) is 9.52. The van der Waals surface area contributed by atoms with Crippen molar-refractivity contribution in [2.75, 3.05) is 26.8 Å². The molecule has 0 N–H and O–H groups in total. The zero-order chi connectivity index (χ0) is 18.8. The van der Waals surface area contributed by atoms with Crippen LogP contribution in [0, 0.1) is 13.8 Å². The number of hydrogen-bond donors (Lipinski definition) is 0. The minimum Gasteiger partial charge on any atom is -0.497 e. The van der Waals surface area contributed by atoms with Gasteiger partial charge in [-0.15, -0.1) is 0 Å². The van der Waals surface area contributed by atoms with Gasteiger partial charge in [-0.1, -0.05) is 24.3 Å². The van der Waals surface area contributed by atoms with Crippen LogP contribution >= 0.6 is 0 Å². The second-order valence-corrected chi connectivity index (χ2v) is 7.26. The fourth-order valence-electron chi connectivity index (χ4n) is 3.65. The van der Waals surface area contributed by atoms with Crippen molar-refractivity contribution < 1.29 is 9.47 Å². The number of aryl methyl sites for hydroxylation is 2. The van der Waals surface area contributed by atoms with E-state index in [1.165, 1.54) is 27.6 Å². The molecule has 0 saturated carbocycles. The van der Waals surface area contributed by atoms with Crippen molar-refractivity contribution in [3.63, 3.8) is 0 Å². The van der Waals surface area contributed by atoms with E-state index in [-0.39, 0.29) is 0 Å². The molecule has 4 nitrogen and oxygen atoms in total. The molecule has 0 bridgehead atoms. The SMILES string of the molecule is COc1cccc(CCN2CCOc3nc4c(C)c(C)ccc4cc3C2)c1. The molecule has 1 aromatic heterocycles. The maximum atomic E-state index is 6.00. The number of nitrogens with zero attached hydrogens (tertiary/aromatic N) is 2. The Morgan fingerprint density at radius 1 is 1.15 bits per heavy atom. The van der Waals surface area contributed by atoms with Gasteiger partial charge in [-0.25, -0.2) is 4.98 Å². The number of fused-ring (bicyclic) bond motifs is 2. The number of ether oxygens (including phenoxy) is 2. The average molecular weight is 362 g/mol. The van der Waals surface area contributed by atoms with Crippen LogP contribution in [-0.2, 0) is 13.0 Å². The molecule has 0 saturated heterocycles. The molecular weight excluding hydrogens is 336 g/mol. The Labute approximate surface area is 160 Å². The van der Waals surface area contributed by atoms with Crippen LogP contribution in [0.5, 0.6) is 11.6 Å². The minimum atomic E-state index is 0.675. The monoisotopic (exact) mass is 362 g/mol. The summed E-state index contributed by atoms with van der Waals surface area (Å²) in [6, 6.07) is 14.9. The third-order valence-corrected chi connectivity index (χ3v) is 5.44. The summed E-state index contributed by atoms with van der Waals surface area (Å²) in [4.78, 5) is 7.29. The molecule has 2 aromatic carbocycles. The average Bonchev–Trinajstić information content (AvgIpc) is 2.89. The topological polar surface area (TPSA) is 34.6 Å². The van der Waals surface area contributed by atoms with Gasteiger partial charge in [0.15, 0.2) is 0 Å². The minimum absolute atomic E-state index is 0.675. The highest BCUT2D eigenvalue weighted by molar-refractivity contribution is 5.84. The summed E-state index contributed by atoms with van der Waals surface area (Å²) in [5.74, 6) is 1.71. The summed E-state index contributed by atoms with van der Waals surface area (Å²) in [7, 11) is 1.71. The summed E-state index contributed by atoms with van der Waals surface area (Å²) in [5.41, 5.74) is 6.02. The number of rotatable bonds is 4. The summed E-state index contributed by atoms with van der Waals surface area (Å²) >= 11 is 0. The molecule has 0 aliphatic carbocycles. The van der Waals surface area contributed by atoms with Gasteiger partial charge in [-0.2, -0.15) is 0 Å². The number of methoxy groups -OCH3 is 1. The predicted octanol–water partition coefficient (Wildman–Crippen LogP) is 4.30. The summed E-state index contributed by atoms with van der Waals surface area (Å²) in [5, 5.41) is 1.19. The number of aromatic nitrogens is 1. The first-order chi connectivity index (χ1) is 13.1. The van der Waals surface area contributed by atoms with Crippen LogP contribution < -0.4 is 9.47 Å². The molecule has 0 radical (unpaired) electrons. The van der Waals surface area contributed by atoms with Crippen LogP contribution in [0.15, 0.2) is 42.5 Å². The van der Waals surface area contributed by atoms with Crippen LogP contribution in [0.25, 0.3) is 10.9 Å². The molecule has 1 aliphatic heterocycles. The molecule has 4 rings (SSSR count). The van der Waals surface area contributed by atoms with Gasteiger partial charge in [0, 0.05) is 30.6 Å². The second kappa shape index (κ2) is 7.57. The Kier molecular flexibility index (Phi) is 4.99. The maximum absolute atomic E-state index is 6.00. The van der Waals surface area contributed by atoms with E-state index in [1.807, 2.05) is 6.07 Å². The van der Waals surface area contributed by atoms with Crippen LogP contribution in [0.2, 0.25) is 0 Å². The molecule has 140 valence electrons. The van der Waals surface area contributed by atoms with Crippen molar-refractivity contribution in [2.24, 2.45) is 0 Å². The molecule has 1 aliphatic rings. The number of hydrogen-bond acceptors (Lipinski definition) is 4. The Hall–Kier alpha value is -2.59. The van der Waals surface area contributed by atoms with E-state index in [1.54, 1.807) is 7.11 Å². The Bertz CT molecular complexity index is 968. The van der Waals surface area contributed by atoms with Gasteiger partial charge in [-0.3, -0.25) is 4.90 Å². The molecular formula is C23H26N2O2. The summed E-state index contributed by atoms with van der Waals surface area (Å²) in [6.07, 6.45) is 0.992. The molecule has 0 fully saturated rings. The molecule has 0 unspecified atom stereocenters. The van der Waals surface area contributed by atoms with Gasteiger partial charge < -0.3 is 9.47 Å². The van der Waals surface area contributed by atoms with Crippen LogP contribution in [0.1, 0.15) is 22.3 Å². The molecule has 27 heavy (non-hydrogen) atoms. The van der Waals surface area contributed by atoms with Gasteiger partial charge in [-0.05, 0) is 55.2 Å². The van der Waals surface area contributed by atoms with E-state index in [9.17, 15) is 0 Å². The lowest BCUT2D eigenvalue weighted by Crippen LogP contribution is -2.28. The van der Waals surface area contributed by atoms with E-state index in [0.29, 0.717) is 6.61 Å². The molecule has 2 heterocycles. The predicted molar refractivity (Wildman–Crippen MR) is 109 cm³/mol. The molecule has 0 spiro atoms. The van der Waals surface area contributed by atoms with Crippen molar-refractivity contribution in [2.45, 2.75) is 26.8 Å². The Morgan fingerprint density at radius 2 is 2.04 bits per heavy atom. The quantitative estimate of drug-likeness (QED) is 0.693. The largest absolute Gasteiger partial charge is 0.497 e. The van der Waals surface area contributed by atoms with Gasteiger partial charge in [0.05, 0.1) is 12.6 Å². The lowest BCUT2D eigenvalue weighted by molar-refractivity contribution is 0.225. The highest BCUT2D eigenvalue weighted by atomic mass is 16.5. The molecule has 4 heteroatoms. The van der Waals surface area contributed by atoms with E-state index in [4.69, 9.17) is 14.5 Å². The van der Waals surface area contributed by atoms with Gasteiger partial charge in [0.1, 0.15) is 12.4 Å². The summed E-state index contributed by atoms with van der Waals surface area (Å²) in [6.45, 7) is 7.71. The third kappa shape index (κ3) is 3.76.